The highest BCUT2D eigenvalue weighted by Crippen LogP contribution is 2.19. The standard InChI is InChI=1S/C16H27NO2/c1-4-5-12-19-16-9-6-8-15(13-16)14(2)17-10-7-11-18-3/h6,8-9,13-14,17H,4-5,7,10-12H2,1-3H3. The monoisotopic (exact) mass is 265 g/mol. The molecule has 0 aromatic heterocycles. The van der Waals surface area contributed by atoms with Gasteiger partial charge in [0.15, 0.2) is 0 Å². The average molecular weight is 265 g/mol. The Labute approximate surface area is 117 Å². The van der Waals surface area contributed by atoms with Crippen molar-refractivity contribution >= 4 is 0 Å². The number of nitrogens with one attached hydrogen (secondary N) is 1. The number of methoxy groups -OCH3 is 1. The summed E-state index contributed by atoms with van der Waals surface area (Å²) in [4.78, 5) is 0. The largest absolute Gasteiger partial charge is 0.494 e. The van der Waals surface area contributed by atoms with Gasteiger partial charge in [-0.2, -0.15) is 0 Å². The Balaban J connectivity index is 2.41. The molecule has 3 nitrogen and oxygen atoms in total. The summed E-state index contributed by atoms with van der Waals surface area (Å²) in [5.74, 6) is 0.969. The number of rotatable bonds is 10. The highest BCUT2D eigenvalue weighted by Gasteiger charge is 2.05. The lowest BCUT2D eigenvalue weighted by molar-refractivity contribution is 0.193. The highest BCUT2D eigenvalue weighted by molar-refractivity contribution is 5.30. The molecule has 0 radical (unpaired) electrons. The molecule has 108 valence electrons. The quantitative estimate of drug-likeness (QED) is 0.656. The maximum Gasteiger partial charge on any atom is 0.119 e. The summed E-state index contributed by atoms with van der Waals surface area (Å²) in [6.07, 6.45) is 3.31. The van der Waals surface area contributed by atoms with Crippen LogP contribution in [0.5, 0.6) is 5.75 Å². The molecule has 0 saturated carbocycles. The van der Waals surface area contributed by atoms with E-state index in [-0.39, 0.29) is 0 Å². The van der Waals surface area contributed by atoms with Gasteiger partial charge in [0.25, 0.3) is 0 Å². The molecule has 19 heavy (non-hydrogen) atoms. The van der Waals surface area contributed by atoms with Crippen molar-refractivity contribution < 1.29 is 9.47 Å². The number of unbranched alkanes of at least 4 members (excludes halogenated alkanes) is 1. The number of benzene rings is 1. The maximum absolute atomic E-state index is 5.73. The van der Waals surface area contributed by atoms with Gasteiger partial charge in [-0.25, -0.2) is 0 Å². The van der Waals surface area contributed by atoms with Crippen LogP contribution in [0.1, 0.15) is 44.7 Å². The second-order valence-corrected chi connectivity index (χ2v) is 4.80. The van der Waals surface area contributed by atoms with Crippen molar-refractivity contribution in [2.75, 3.05) is 26.9 Å². The van der Waals surface area contributed by atoms with Gasteiger partial charge in [0.1, 0.15) is 5.75 Å². The Morgan fingerprint density at radius 1 is 1.21 bits per heavy atom. The van der Waals surface area contributed by atoms with Crippen molar-refractivity contribution in [3.8, 4) is 5.75 Å². The van der Waals surface area contributed by atoms with E-state index in [0.717, 1.165) is 44.8 Å². The van der Waals surface area contributed by atoms with E-state index in [1.165, 1.54) is 5.56 Å². The molecule has 0 aliphatic carbocycles. The van der Waals surface area contributed by atoms with Gasteiger partial charge in [0.05, 0.1) is 6.61 Å². The zero-order valence-electron chi connectivity index (χ0n) is 12.4. The molecule has 0 fully saturated rings. The van der Waals surface area contributed by atoms with Crippen molar-refractivity contribution in [2.24, 2.45) is 0 Å². The van der Waals surface area contributed by atoms with Crippen LogP contribution in [0, 0.1) is 0 Å². The molecule has 0 heterocycles. The van der Waals surface area contributed by atoms with Gasteiger partial charge in [-0.3, -0.25) is 0 Å². The zero-order valence-corrected chi connectivity index (χ0v) is 12.4. The summed E-state index contributed by atoms with van der Waals surface area (Å²) in [6.45, 7) is 6.93. The molecule has 0 saturated heterocycles. The molecular formula is C16H27NO2. The lowest BCUT2D eigenvalue weighted by Gasteiger charge is -2.15. The molecule has 1 aromatic carbocycles. The van der Waals surface area contributed by atoms with Gasteiger partial charge in [0.2, 0.25) is 0 Å². The van der Waals surface area contributed by atoms with Gasteiger partial charge in [0, 0.05) is 19.8 Å². The Kier molecular flexibility index (Phi) is 8.26. The van der Waals surface area contributed by atoms with E-state index in [4.69, 9.17) is 9.47 Å². The van der Waals surface area contributed by atoms with Crippen molar-refractivity contribution in [1.29, 1.82) is 0 Å². The second kappa shape index (κ2) is 9.82. The topological polar surface area (TPSA) is 30.5 Å². The summed E-state index contributed by atoms with van der Waals surface area (Å²) in [5.41, 5.74) is 1.27. The van der Waals surface area contributed by atoms with Crippen molar-refractivity contribution in [1.82, 2.24) is 5.32 Å². The summed E-state index contributed by atoms with van der Waals surface area (Å²) in [6, 6.07) is 8.69. The van der Waals surface area contributed by atoms with E-state index >= 15 is 0 Å². The van der Waals surface area contributed by atoms with E-state index in [0.29, 0.717) is 6.04 Å². The van der Waals surface area contributed by atoms with Crippen LogP contribution in [-0.4, -0.2) is 26.9 Å². The fraction of sp³-hybridized carbons (Fsp3) is 0.625. The number of hydrogen-bond acceptors (Lipinski definition) is 3. The van der Waals surface area contributed by atoms with Gasteiger partial charge >= 0.3 is 0 Å². The van der Waals surface area contributed by atoms with E-state index in [1.807, 2.05) is 6.07 Å². The molecule has 0 amide bonds. The van der Waals surface area contributed by atoms with Crippen LogP contribution in [-0.2, 0) is 4.74 Å². The third-order valence-corrected chi connectivity index (χ3v) is 3.10. The van der Waals surface area contributed by atoms with Gasteiger partial charge < -0.3 is 14.8 Å². The predicted molar refractivity (Wildman–Crippen MR) is 79.8 cm³/mol. The number of hydrogen-bond donors (Lipinski definition) is 1. The second-order valence-electron chi connectivity index (χ2n) is 4.80. The average Bonchev–Trinajstić information content (AvgIpc) is 2.44. The molecular weight excluding hydrogens is 238 g/mol. The summed E-state index contributed by atoms with van der Waals surface area (Å²) in [5, 5.41) is 3.49. The molecule has 3 heteroatoms. The first-order chi connectivity index (χ1) is 9.27. The first kappa shape index (κ1) is 16.0. The summed E-state index contributed by atoms with van der Waals surface area (Å²) < 4.78 is 10.8. The van der Waals surface area contributed by atoms with Crippen molar-refractivity contribution in [2.45, 2.75) is 39.2 Å². The lowest BCUT2D eigenvalue weighted by atomic mass is 10.1. The van der Waals surface area contributed by atoms with Crippen LogP contribution in [0.25, 0.3) is 0 Å². The SMILES string of the molecule is CCCCOc1cccc(C(C)NCCCOC)c1. The van der Waals surface area contributed by atoms with Gasteiger partial charge in [-0.1, -0.05) is 25.5 Å². The van der Waals surface area contributed by atoms with Crippen molar-refractivity contribution in [3.05, 3.63) is 29.8 Å². The van der Waals surface area contributed by atoms with E-state index in [2.05, 4.69) is 37.4 Å². The minimum atomic E-state index is 0.339. The van der Waals surface area contributed by atoms with Crippen LogP contribution >= 0.6 is 0 Å². The lowest BCUT2D eigenvalue weighted by Crippen LogP contribution is -2.20. The zero-order chi connectivity index (χ0) is 13.9. The fourth-order valence-corrected chi connectivity index (χ4v) is 1.86. The summed E-state index contributed by atoms with van der Waals surface area (Å²) >= 11 is 0. The third-order valence-electron chi connectivity index (χ3n) is 3.10. The molecule has 0 spiro atoms. The Hall–Kier alpha value is -1.06. The van der Waals surface area contributed by atoms with Gasteiger partial charge in [-0.05, 0) is 44.0 Å². The van der Waals surface area contributed by atoms with E-state index in [9.17, 15) is 0 Å². The number of ether oxygens (including phenoxy) is 2. The Morgan fingerprint density at radius 2 is 2.05 bits per heavy atom. The summed E-state index contributed by atoms with van der Waals surface area (Å²) in [7, 11) is 1.74. The van der Waals surface area contributed by atoms with Crippen LogP contribution in [0.3, 0.4) is 0 Å². The maximum atomic E-state index is 5.73. The highest BCUT2D eigenvalue weighted by atomic mass is 16.5. The first-order valence-electron chi connectivity index (χ1n) is 7.23. The molecule has 1 atom stereocenters. The fourth-order valence-electron chi connectivity index (χ4n) is 1.86. The van der Waals surface area contributed by atoms with Crippen LogP contribution in [0.4, 0.5) is 0 Å². The van der Waals surface area contributed by atoms with E-state index in [1.54, 1.807) is 7.11 Å². The van der Waals surface area contributed by atoms with E-state index < -0.39 is 0 Å². The Morgan fingerprint density at radius 3 is 2.79 bits per heavy atom. The molecule has 1 unspecified atom stereocenters. The third kappa shape index (κ3) is 6.60. The van der Waals surface area contributed by atoms with Crippen LogP contribution < -0.4 is 10.1 Å². The molecule has 0 aliphatic heterocycles. The molecule has 0 aliphatic rings. The minimum Gasteiger partial charge on any atom is -0.494 e. The van der Waals surface area contributed by atoms with Crippen molar-refractivity contribution in [3.63, 3.8) is 0 Å². The minimum absolute atomic E-state index is 0.339. The smallest absolute Gasteiger partial charge is 0.119 e. The molecule has 1 rings (SSSR count). The molecule has 1 aromatic rings. The van der Waals surface area contributed by atoms with Crippen LogP contribution in [0.2, 0.25) is 0 Å². The van der Waals surface area contributed by atoms with Crippen LogP contribution in [0.15, 0.2) is 24.3 Å². The molecule has 1 N–H and O–H groups in total. The predicted octanol–water partition coefficient (Wildman–Crippen LogP) is 3.55. The normalized spacial score (nSPS) is 12.4. The first-order valence-corrected chi connectivity index (χ1v) is 7.23. The molecule has 0 bridgehead atoms. The van der Waals surface area contributed by atoms with Gasteiger partial charge in [-0.15, -0.1) is 0 Å². The Bertz CT molecular complexity index is 341.